The van der Waals surface area contributed by atoms with E-state index in [4.69, 9.17) is 9.47 Å². The minimum Gasteiger partial charge on any atom is -0.497 e. The number of hydrogen-bond acceptors (Lipinski definition) is 3. The molecule has 0 saturated heterocycles. The molecule has 0 N–H and O–H groups in total. The summed E-state index contributed by atoms with van der Waals surface area (Å²) in [5, 5.41) is 0. The van der Waals surface area contributed by atoms with Crippen LogP contribution in [0.2, 0.25) is 0 Å². The molecular weight excluding hydrogens is 252 g/mol. The Morgan fingerprint density at radius 3 is 2.60 bits per heavy atom. The maximum absolute atomic E-state index is 12.2. The lowest BCUT2D eigenvalue weighted by molar-refractivity contribution is 0.0850. The Hall–Kier alpha value is -2.29. The van der Waals surface area contributed by atoms with E-state index in [-0.39, 0.29) is 11.9 Å². The van der Waals surface area contributed by atoms with Gasteiger partial charge in [0.05, 0.1) is 19.1 Å². The molecule has 0 bridgehead atoms. The molecule has 3 nitrogen and oxygen atoms in total. The average Bonchev–Trinajstić information content (AvgIpc) is 2.48. The maximum Gasteiger partial charge on any atom is 0.170 e. The molecule has 1 aliphatic heterocycles. The van der Waals surface area contributed by atoms with E-state index in [1.165, 1.54) is 0 Å². The number of carbonyl (C=O) groups excluding carboxylic acids is 1. The number of Topliss-reactive ketones (excluding diaryl/α,β-unsaturated/α-hetero) is 1. The van der Waals surface area contributed by atoms with Crippen molar-refractivity contribution in [2.75, 3.05) is 7.11 Å². The first kappa shape index (κ1) is 12.7. The zero-order valence-corrected chi connectivity index (χ0v) is 11.6. The summed E-state index contributed by atoms with van der Waals surface area (Å²) in [6, 6.07) is 13.4. The highest BCUT2D eigenvalue weighted by Gasteiger charge is 2.27. The molecular formula is C17H16O3. The number of ketones is 1. The first-order chi connectivity index (χ1) is 9.67. The highest BCUT2D eigenvalue weighted by atomic mass is 16.5. The molecule has 2 aromatic carbocycles. The summed E-state index contributed by atoms with van der Waals surface area (Å²) in [6.45, 7) is 1.98. The standard InChI is InChI=1S/C17H16O3/c1-11-3-8-16-14(9-11)15(18)10-17(20-16)12-4-6-13(19-2)7-5-12/h3-9,17H,10H2,1-2H3. The van der Waals surface area contributed by atoms with Crippen LogP contribution in [-0.4, -0.2) is 12.9 Å². The summed E-state index contributed by atoms with van der Waals surface area (Å²) >= 11 is 0. The molecule has 0 saturated carbocycles. The topological polar surface area (TPSA) is 35.5 Å². The van der Waals surface area contributed by atoms with E-state index in [1.807, 2.05) is 49.4 Å². The minimum atomic E-state index is -0.219. The number of fused-ring (bicyclic) bond motifs is 1. The summed E-state index contributed by atoms with van der Waals surface area (Å²) in [5.41, 5.74) is 2.75. The molecule has 3 rings (SSSR count). The van der Waals surface area contributed by atoms with Crippen molar-refractivity contribution in [3.63, 3.8) is 0 Å². The predicted molar refractivity (Wildman–Crippen MR) is 76.5 cm³/mol. The number of hydrogen-bond donors (Lipinski definition) is 0. The fourth-order valence-electron chi connectivity index (χ4n) is 2.44. The van der Waals surface area contributed by atoms with Gasteiger partial charge in [0.15, 0.2) is 5.78 Å². The number of ether oxygens (including phenoxy) is 2. The Balaban J connectivity index is 1.90. The quantitative estimate of drug-likeness (QED) is 0.833. The molecule has 0 aliphatic carbocycles. The molecule has 0 amide bonds. The fraction of sp³-hybridized carbons (Fsp3) is 0.235. The summed E-state index contributed by atoms with van der Waals surface area (Å²) in [7, 11) is 1.63. The largest absolute Gasteiger partial charge is 0.497 e. The van der Waals surface area contributed by atoms with Crippen molar-refractivity contribution in [2.45, 2.75) is 19.4 Å². The van der Waals surface area contributed by atoms with Crippen LogP contribution >= 0.6 is 0 Å². The summed E-state index contributed by atoms with van der Waals surface area (Å²) < 4.78 is 11.1. The molecule has 3 heteroatoms. The van der Waals surface area contributed by atoms with E-state index < -0.39 is 0 Å². The molecule has 0 radical (unpaired) electrons. The van der Waals surface area contributed by atoms with Crippen LogP contribution in [0.25, 0.3) is 0 Å². The Kier molecular flexibility index (Phi) is 3.18. The third-order valence-corrected chi connectivity index (χ3v) is 3.56. The summed E-state index contributed by atoms with van der Waals surface area (Å²) in [4.78, 5) is 12.2. The number of methoxy groups -OCH3 is 1. The van der Waals surface area contributed by atoms with Gasteiger partial charge in [-0.05, 0) is 36.8 Å². The third-order valence-electron chi connectivity index (χ3n) is 3.56. The van der Waals surface area contributed by atoms with Crippen LogP contribution in [0.1, 0.15) is 34.0 Å². The fourth-order valence-corrected chi connectivity index (χ4v) is 2.44. The van der Waals surface area contributed by atoms with Gasteiger partial charge in [0.1, 0.15) is 17.6 Å². The Labute approximate surface area is 118 Å². The SMILES string of the molecule is COc1ccc(C2CC(=O)c3cc(C)ccc3O2)cc1. The van der Waals surface area contributed by atoms with Crippen molar-refractivity contribution >= 4 is 5.78 Å². The van der Waals surface area contributed by atoms with Gasteiger partial charge >= 0.3 is 0 Å². The van der Waals surface area contributed by atoms with Crippen LogP contribution in [0.3, 0.4) is 0 Å². The zero-order chi connectivity index (χ0) is 14.1. The van der Waals surface area contributed by atoms with Crippen molar-refractivity contribution < 1.29 is 14.3 Å². The maximum atomic E-state index is 12.2. The van der Waals surface area contributed by atoms with Gasteiger partial charge in [-0.25, -0.2) is 0 Å². The Bertz CT molecular complexity index is 644. The lowest BCUT2D eigenvalue weighted by Crippen LogP contribution is -2.20. The third kappa shape index (κ3) is 2.27. The van der Waals surface area contributed by atoms with Gasteiger partial charge in [0, 0.05) is 0 Å². The van der Waals surface area contributed by atoms with E-state index in [2.05, 4.69) is 0 Å². The number of carbonyl (C=O) groups is 1. The second-order valence-electron chi connectivity index (χ2n) is 5.01. The van der Waals surface area contributed by atoms with E-state index in [0.717, 1.165) is 16.9 Å². The highest BCUT2D eigenvalue weighted by molar-refractivity contribution is 6.00. The van der Waals surface area contributed by atoms with E-state index in [0.29, 0.717) is 17.7 Å². The minimum absolute atomic E-state index is 0.135. The zero-order valence-electron chi connectivity index (χ0n) is 11.6. The van der Waals surface area contributed by atoms with Gasteiger partial charge in [-0.1, -0.05) is 23.8 Å². The van der Waals surface area contributed by atoms with E-state index in [1.54, 1.807) is 7.11 Å². The molecule has 1 aliphatic rings. The molecule has 0 aromatic heterocycles. The number of rotatable bonds is 2. The van der Waals surface area contributed by atoms with Gasteiger partial charge in [-0.2, -0.15) is 0 Å². The van der Waals surface area contributed by atoms with Crippen molar-refractivity contribution in [3.8, 4) is 11.5 Å². The van der Waals surface area contributed by atoms with Crippen molar-refractivity contribution in [2.24, 2.45) is 0 Å². The van der Waals surface area contributed by atoms with Gasteiger partial charge in [-0.15, -0.1) is 0 Å². The van der Waals surface area contributed by atoms with Crippen LogP contribution in [0.15, 0.2) is 42.5 Å². The smallest absolute Gasteiger partial charge is 0.170 e. The average molecular weight is 268 g/mol. The van der Waals surface area contributed by atoms with Crippen molar-refractivity contribution in [3.05, 3.63) is 59.2 Å². The highest BCUT2D eigenvalue weighted by Crippen LogP contribution is 2.35. The lowest BCUT2D eigenvalue weighted by Gasteiger charge is -2.25. The number of benzene rings is 2. The second-order valence-corrected chi connectivity index (χ2v) is 5.01. The molecule has 20 heavy (non-hydrogen) atoms. The van der Waals surface area contributed by atoms with Gasteiger partial charge < -0.3 is 9.47 Å². The van der Waals surface area contributed by atoms with Crippen molar-refractivity contribution in [1.82, 2.24) is 0 Å². The van der Waals surface area contributed by atoms with Crippen LogP contribution in [0.5, 0.6) is 11.5 Å². The van der Waals surface area contributed by atoms with Crippen LogP contribution in [0, 0.1) is 6.92 Å². The van der Waals surface area contributed by atoms with Crippen molar-refractivity contribution in [1.29, 1.82) is 0 Å². The van der Waals surface area contributed by atoms with E-state index in [9.17, 15) is 4.79 Å². The molecule has 1 atom stereocenters. The normalized spacial score (nSPS) is 17.3. The Morgan fingerprint density at radius 2 is 1.90 bits per heavy atom. The molecule has 0 spiro atoms. The first-order valence-electron chi connectivity index (χ1n) is 6.62. The molecule has 1 unspecified atom stereocenters. The first-order valence-corrected chi connectivity index (χ1v) is 6.62. The predicted octanol–water partition coefficient (Wildman–Crippen LogP) is 3.71. The van der Waals surface area contributed by atoms with Gasteiger partial charge in [0.25, 0.3) is 0 Å². The van der Waals surface area contributed by atoms with Crippen LogP contribution in [0.4, 0.5) is 0 Å². The van der Waals surface area contributed by atoms with Gasteiger partial charge in [0.2, 0.25) is 0 Å². The molecule has 2 aromatic rings. The molecule has 0 fully saturated rings. The second kappa shape index (κ2) is 5.00. The van der Waals surface area contributed by atoms with Crippen LogP contribution < -0.4 is 9.47 Å². The Morgan fingerprint density at radius 1 is 1.15 bits per heavy atom. The van der Waals surface area contributed by atoms with Gasteiger partial charge in [-0.3, -0.25) is 4.79 Å². The summed E-state index contributed by atoms with van der Waals surface area (Å²) in [5.74, 6) is 1.61. The van der Waals surface area contributed by atoms with E-state index >= 15 is 0 Å². The lowest BCUT2D eigenvalue weighted by atomic mass is 9.95. The summed E-state index contributed by atoms with van der Waals surface area (Å²) in [6.07, 6.45) is 0.159. The monoisotopic (exact) mass is 268 g/mol. The molecule has 102 valence electrons. The molecule has 1 heterocycles. The number of aryl methyl sites for hydroxylation is 1. The van der Waals surface area contributed by atoms with Crippen LogP contribution in [-0.2, 0) is 0 Å².